The van der Waals surface area contributed by atoms with Crippen molar-refractivity contribution >= 4 is 24.2 Å². The molecule has 0 aliphatic heterocycles. The number of nitrogens with zero attached hydrogens (tertiary/aromatic N) is 1. The summed E-state index contributed by atoms with van der Waals surface area (Å²) in [6, 6.07) is 5.81. The predicted octanol–water partition coefficient (Wildman–Crippen LogP) is 2.34. The van der Waals surface area contributed by atoms with Gasteiger partial charge < -0.3 is 0 Å². The average Bonchev–Trinajstić information content (AvgIpc) is 1.89. The summed E-state index contributed by atoms with van der Waals surface area (Å²) in [4.78, 5) is 0. The summed E-state index contributed by atoms with van der Waals surface area (Å²) >= 11 is 6.60. The zero-order valence-electron chi connectivity index (χ0n) is 5.07. The van der Waals surface area contributed by atoms with Gasteiger partial charge in [0.1, 0.15) is 4.64 Å². The van der Waals surface area contributed by atoms with E-state index in [0.29, 0.717) is 0 Å². The van der Waals surface area contributed by atoms with Gasteiger partial charge in [0.15, 0.2) is 0 Å². The first kappa shape index (κ1) is 6.83. The quantitative estimate of drug-likeness (QED) is 0.576. The molecule has 3 heteroatoms. The molecule has 48 valence electrons. The maximum atomic E-state index is 4.99. The van der Waals surface area contributed by atoms with Gasteiger partial charge in [0, 0.05) is 12.5 Å². The van der Waals surface area contributed by atoms with Crippen LogP contribution in [0, 0.1) is 4.64 Å². The molecule has 1 heterocycles. The molecule has 0 saturated carbocycles. The van der Waals surface area contributed by atoms with Crippen LogP contribution in [0.2, 0.25) is 0 Å². The Kier molecular flexibility index (Phi) is 2.30. The lowest BCUT2D eigenvalue weighted by molar-refractivity contribution is 1.20. The van der Waals surface area contributed by atoms with Crippen molar-refractivity contribution in [1.29, 1.82) is 0 Å². The van der Waals surface area contributed by atoms with E-state index in [1.807, 2.05) is 34.6 Å². The molecule has 1 aromatic heterocycles. The fourth-order valence-corrected chi connectivity index (χ4v) is 1.36. The topological polar surface area (TPSA) is 4.93 Å². The molecule has 0 saturated heterocycles. The van der Waals surface area contributed by atoms with Gasteiger partial charge in [-0.25, -0.2) is 0 Å². The lowest BCUT2D eigenvalue weighted by Crippen LogP contribution is -1.84. The number of hydrogen-bond acceptors (Lipinski definition) is 2. The van der Waals surface area contributed by atoms with Crippen LogP contribution in [0.1, 0.15) is 0 Å². The number of pyridine rings is 1. The number of rotatable bonds is 1. The van der Waals surface area contributed by atoms with Gasteiger partial charge in [-0.3, -0.25) is 3.97 Å². The van der Waals surface area contributed by atoms with Crippen molar-refractivity contribution in [1.82, 2.24) is 3.97 Å². The van der Waals surface area contributed by atoms with Gasteiger partial charge in [0.05, 0.1) is 0 Å². The standard InChI is InChI=1S/C6H7NS2/c1-9-7-5-3-2-4-6(7)8/h2-5H,1H3. The van der Waals surface area contributed by atoms with Crippen LogP contribution in [0.4, 0.5) is 0 Å². The fourth-order valence-electron chi connectivity index (χ4n) is 0.563. The third kappa shape index (κ3) is 1.56. The molecule has 0 fully saturated rings. The van der Waals surface area contributed by atoms with E-state index >= 15 is 0 Å². The third-order valence-electron chi connectivity index (χ3n) is 0.985. The van der Waals surface area contributed by atoms with Crippen LogP contribution in [0.25, 0.3) is 0 Å². The molecular weight excluding hydrogens is 150 g/mol. The monoisotopic (exact) mass is 157 g/mol. The van der Waals surface area contributed by atoms with Crippen molar-refractivity contribution < 1.29 is 0 Å². The maximum absolute atomic E-state index is 4.99. The Labute approximate surface area is 63.8 Å². The highest BCUT2D eigenvalue weighted by atomic mass is 32.2. The van der Waals surface area contributed by atoms with Gasteiger partial charge >= 0.3 is 0 Å². The lowest BCUT2D eigenvalue weighted by atomic mass is 10.5. The molecule has 0 spiro atoms. The molecule has 0 aromatic carbocycles. The first-order valence-electron chi connectivity index (χ1n) is 2.57. The van der Waals surface area contributed by atoms with Gasteiger partial charge in [-0.05, 0) is 24.1 Å². The summed E-state index contributed by atoms with van der Waals surface area (Å²) < 4.78 is 2.81. The fraction of sp³-hybridized carbons (Fsp3) is 0.167. The minimum absolute atomic E-state index is 0.866. The largest absolute Gasteiger partial charge is 0.282 e. The van der Waals surface area contributed by atoms with E-state index in [1.165, 1.54) is 0 Å². The van der Waals surface area contributed by atoms with E-state index in [0.717, 1.165) is 4.64 Å². The first-order valence-corrected chi connectivity index (χ1v) is 4.16. The Morgan fingerprint density at radius 2 is 2.33 bits per heavy atom. The second-order valence-electron chi connectivity index (χ2n) is 1.55. The summed E-state index contributed by atoms with van der Waals surface area (Å²) in [5.74, 6) is 0. The highest BCUT2D eigenvalue weighted by Crippen LogP contribution is 2.01. The van der Waals surface area contributed by atoms with Crippen molar-refractivity contribution in [2.75, 3.05) is 6.26 Å². The molecule has 0 bridgehead atoms. The van der Waals surface area contributed by atoms with E-state index in [9.17, 15) is 0 Å². The van der Waals surface area contributed by atoms with Crippen LogP contribution in [-0.4, -0.2) is 10.2 Å². The van der Waals surface area contributed by atoms with Crippen LogP contribution in [0.3, 0.4) is 0 Å². The third-order valence-corrected chi connectivity index (χ3v) is 2.15. The van der Waals surface area contributed by atoms with E-state index < -0.39 is 0 Å². The molecule has 1 aromatic rings. The molecule has 0 aliphatic carbocycles. The van der Waals surface area contributed by atoms with Crippen LogP contribution >= 0.6 is 24.2 Å². The molecule has 1 nitrogen and oxygen atoms in total. The van der Waals surface area contributed by atoms with Gasteiger partial charge in [-0.2, -0.15) is 0 Å². The SMILES string of the molecule is CSn1ccccc1=S. The van der Waals surface area contributed by atoms with Crippen LogP contribution < -0.4 is 0 Å². The Morgan fingerprint density at radius 3 is 2.78 bits per heavy atom. The Balaban J connectivity index is 3.16. The average molecular weight is 157 g/mol. The van der Waals surface area contributed by atoms with Gasteiger partial charge in [0.25, 0.3) is 0 Å². The van der Waals surface area contributed by atoms with Gasteiger partial charge in [0.2, 0.25) is 0 Å². The Hall–Kier alpha value is -0.280. The minimum Gasteiger partial charge on any atom is -0.282 e. The van der Waals surface area contributed by atoms with Crippen molar-refractivity contribution in [2.45, 2.75) is 0 Å². The smallest absolute Gasteiger partial charge is 0.115 e. The van der Waals surface area contributed by atoms with Crippen molar-refractivity contribution in [3.8, 4) is 0 Å². The molecule has 0 N–H and O–H groups in total. The molecule has 9 heavy (non-hydrogen) atoms. The van der Waals surface area contributed by atoms with E-state index in [1.54, 1.807) is 11.9 Å². The molecule has 0 amide bonds. The number of hydrogen-bond donors (Lipinski definition) is 0. The second kappa shape index (κ2) is 3.03. The Bertz CT molecular complexity index is 241. The first-order chi connectivity index (χ1) is 4.34. The molecule has 0 aliphatic rings. The highest BCUT2D eigenvalue weighted by molar-refractivity contribution is 7.97. The van der Waals surface area contributed by atoms with Crippen molar-refractivity contribution in [3.05, 3.63) is 29.0 Å². The van der Waals surface area contributed by atoms with E-state index in [2.05, 4.69) is 0 Å². The predicted molar refractivity (Wildman–Crippen MR) is 44.2 cm³/mol. The summed E-state index contributed by atoms with van der Waals surface area (Å²) in [5.41, 5.74) is 0. The van der Waals surface area contributed by atoms with Crippen LogP contribution in [-0.2, 0) is 0 Å². The Morgan fingerprint density at radius 1 is 1.56 bits per heavy atom. The zero-order valence-corrected chi connectivity index (χ0v) is 6.71. The van der Waals surface area contributed by atoms with Crippen LogP contribution in [0.15, 0.2) is 24.4 Å². The molecule has 0 radical (unpaired) electrons. The normalized spacial score (nSPS) is 9.44. The van der Waals surface area contributed by atoms with Crippen molar-refractivity contribution in [2.24, 2.45) is 0 Å². The van der Waals surface area contributed by atoms with Gasteiger partial charge in [-0.1, -0.05) is 18.3 Å². The maximum Gasteiger partial charge on any atom is 0.115 e. The number of aromatic nitrogens is 1. The molecule has 0 unspecified atom stereocenters. The summed E-state index contributed by atoms with van der Waals surface area (Å²) in [6.45, 7) is 0. The van der Waals surface area contributed by atoms with Gasteiger partial charge in [-0.15, -0.1) is 0 Å². The molecule has 0 atom stereocenters. The van der Waals surface area contributed by atoms with E-state index in [4.69, 9.17) is 12.2 Å². The van der Waals surface area contributed by atoms with Crippen molar-refractivity contribution in [3.63, 3.8) is 0 Å². The minimum atomic E-state index is 0.866. The second-order valence-corrected chi connectivity index (χ2v) is 2.72. The summed E-state index contributed by atoms with van der Waals surface area (Å²) in [5, 5.41) is 0. The lowest BCUT2D eigenvalue weighted by Gasteiger charge is -1.97. The summed E-state index contributed by atoms with van der Waals surface area (Å²) in [7, 11) is 0. The molecule has 1 rings (SSSR count). The molecular formula is C6H7NS2. The zero-order chi connectivity index (χ0) is 6.69. The van der Waals surface area contributed by atoms with Crippen LogP contribution in [0.5, 0.6) is 0 Å². The van der Waals surface area contributed by atoms with E-state index in [-0.39, 0.29) is 0 Å². The summed E-state index contributed by atoms with van der Waals surface area (Å²) in [6.07, 6.45) is 3.95. The highest BCUT2D eigenvalue weighted by Gasteiger charge is 1.82.